The van der Waals surface area contributed by atoms with Gasteiger partial charge in [0.1, 0.15) is 12.3 Å². The van der Waals surface area contributed by atoms with Gasteiger partial charge in [0, 0.05) is 6.20 Å². The number of hydrogen-bond donors (Lipinski definition) is 2. The first-order valence-corrected chi connectivity index (χ1v) is 6.73. The van der Waals surface area contributed by atoms with Gasteiger partial charge in [-0.2, -0.15) is 0 Å². The topological polar surface area (TPSA) is 93.2 Å². The molecule has 0 saturated heterocycles. The van der Waals surface area contributed by atoms with E-state index in [1.807, 2.05) is 0 Å². The van der Waals surface area contributed by atoms with E-state index in [1.165, 1.54) is 13.3 Å². The van der Waals surface area contributed by atoms with Crippen molar-refractivity contribution in [2.45, 2.75) is 6.54 Å². The van der Waals surface area contributed by atoms with Crippen molar-refractivity contribution in [2.75, 3.05) is 12.4 Å². The number of nitrogens with one attached hydrogen (secondary N) is 2. The highest BCUT2D eigenvalue weighted by molar-refractivity contribution is 9.10. The number of halogens is 1. The van der Waals surface area contributed by atoms with Gasteiger partial charge in [0.15, 0.2) is 0 Å². The number of rotatable bonds is 4. The van der Waals surface area contributed by atoms with Crippen LogP contribution < -0.4 is 21.3 Å². The number of anilines is 1. The fraction of sp³-hybridized carbons (Fsp3) is 0.154. The lowest BCUT2D eigenvalue weighted by Gasteiger charge is -2.10. The van der Waals surface area contributed by atoms with Crippen LogP contribution >= 0.6 is 15.9 Å². The molecule has 0 aliphatic carbocycles. The number of hydrogen-bond acceptors (Lipinski definition) is 4. The first-order valence-electron chi connectivity index (χ1n) is 5.94. The molecule has 1 amide bonds. The minimum Gasteiger partial charge on any atom is -0.495 e. The number of nitrogens with zero attached hydrogens (tertiary/aromatic N) is 1. The second kappa shape index (κ2) is 6.40. The number of benzene rings is 1. The standard InChI is InChI=1S/C13H12BrN3O4/c1-21-10-5-3-2-4-9(10)16-11(18)7-17-12(19)8(14)6-15-13(17)20/h2-6H,7H2,1H3,(H,15,20)(H,16,18). The summed E-state index contributed by atoms with van der Waals surface area (Å²) < 4.78 is 6.08. The molecule has 0 aliphatic rings. The third-order valence-corrected chi connectivity index (χ3v) is 3.27. The van der Waals surface area contributed by atoms with Crippen molar-refractivity contribution in [1.82, 2.24) is 9.55 Å². The van der Waals surface area contributed by atoms with Gasteiger partial charge in [-0.3, -0.25) is 9.59 Å². The van der Waals surface area contributed by atoms with E-state index in [1.54, 1.807) is 24.3 Å². The summed E-state index contributed by atoms with van der Waals surface area (Å²) in [4.78, 5) is 37.7. The van der Waals surface area contributed by atoms with E-state index < -0.39 is 23.7 Å². The molecule has 2 rings (SSSR count). The van der Waals surface area contributed by atoms with Crippen molar-refractivity contribution in [2.24, 2.45) is 0 Å². The predicted molar refractivity (Wildman–Crippen MR) is 80.6 cm³/mol. The van der Waals surface area contributed by atoms with Crippen LogP contribution in [0.3, 0.4) is 0 Å². The van der Waals surface area contributed by atoms with Crippen molar-refractivity contribution in [3.05, 3.63) is 55.8 Å². The van der Waals surface area contributed by atoms with Gasteiger partial charge in [-0.1, -0.05) is 12.1 Å². The summed E-state index contributed by atoms with van der Waals surface area (Å²) in [6.45, 7) is -0.397. The average molecular weight is 354 g/mol. The maximum Gasteiger partial charge on any atom is 0.328 e. The van der Waals surface area contributed by atoms with E-state index in [-0.39, 0.29) is 4.47 Å². The molecule has 1 heterocycles. The molecule has 0 aliphatic heterocycles. The second-order valence-electron chi connectivity index (χ2n) is 4.08. The Bertz CT molecular complexity index is 781. The van der Waals surface area contributed by atoms with E-state index in [9.17, 15) is 14.4 Å². The minimum atomic E-state index is -0.654. The number of ether oxygens (including phenoxy) is 1. The molecular weight excluding hydrogens is 342 g/mol. The number of methoxy groups -OCH3 is 1. The highest BCUT2D eigenvalue weighted by Gasteiger charge is 2.11. The molecule has 2 N–H and O–H groups in total. The van der Waals surface area contributed by atoms with E-state index >= 15 is 0 Å². The molecule has 1 aromatic carbocycles. The average Bonchev–Trinajstić information content (AvgIpc) is 2.48. The van der Waals surface area contributed by atoms with Crippen molar-refractivity contribution in [3.63, 3.8) is 0 Å². The summed E-state index contributed by atoms with van der Waals surface area (Å²) in [6, 6.07) is 6.84. The van der Waals surface area contributed by atoms with E-state index in [4.69, 9.17) is 4.74 Å². The van der Waals surface area contributed by atoms with Crippen LogP contribution in [-0.2, 0) is 11.3 Å². The SMILES string of the molecule is COc1ccccc1NC(=O)Cn1c(=O)[nH]cc(Br)c1=O. The third-order valence-electron chi connectivity index (χ3n) is 2.70. The molecule has 0 bridgehead atoms. The van der Waals surface area contributed by atoms with E-state index in [0.29, 0.717) is 11.4 Å². The molecular formula is C13H12BrN3O4. The van der Waals surface area contributed by atoms with Crippen LogP contribution in [0, 0.1) is 0 Å². The van der Waals surface area contributed by atoms with E-state index in [2.05, 4.69) is 26.2 Å². The van der Waals surface area contributed by atoms with Gasteiger partial charge < -0.3 is 15.0 Å². The molecule has 0 saturated carbocycles. The normalized spacial score (nSPS) is 10.2. The fourth-order valence-corrected chi connectivity index (χ4v) is 2.04. The number of carbonyl (C=O) groups excluding carboxylic acids is 1. The first-order chi connectivity index (χ1) is 10.0. The van der Waals surface area contributed by atoms with Crippen LogP contribution in [0.4, 0.5) is 5.69 Å². The minimum absolute atomic E-state index is 0.173. The zero-order chi connectivity index (χ0) is 15.4. The molecule has 8 heteroatoms. The summed E-state index contributed by atoms with van der Waals surface area (Å²) >= 11 is 3.00. The van der Waals surface area contributed by atoms with Gasteiger partial charge in [-0.25, -0.2) is 9.36 Å². The van der Waals surface area contributed by atoms with Crippen LogP contribution in [0.2, 0.25) is 0 Å². The smallest absolute Gasteiger partial charge is 0.328 e. The molecule has 2 aromatic rings. The maximum absolute atomic E-state index is 12.0. The number of para-hydroxylation sites is 2. The molecule has 0 fully saturated rings. The van der Waals surface area contributed by atoms with Crippen LogP contribution in [-0.4, -0.2) is 22.6 Å². The van der Waals surface area contributed by atoms with Crippen molar-refractivity contribution >= 4 is 27.5 Å². The Morgan fingerprint density at radius 1 is 1.38 bits per heavy atom. The largest absolute Gasteiger partial charge is 0.495 e. The van der Waals surface area contributed by atoms with E-state index in [0.717, 1.165) is 4.57 Å². The highest BCUT2D eigenvalue weighted by atomic mass is 79.9. The van der Waals surface area contributed by atoms with Gasteiger partial charge in [-0.15, -0.1) is 0 Å². The third kappa shape index (κ3) is 3.40. The quantitative estimate of drug-likeness (QED) is 0.855. The molecule has 21 heavy (non-hydrogen) atoms. The molecule has 0 unspecified atom stereocenters. The van der Waals surface area contributed by atoms with Crippen LogP contribution in [0.25, 0.3) is 0 Å². The molecule has 7 nitrogen and oxygen atoms in total. The monoisotopic (exact) mass is 353 g/mol. The van der Waals surface area contributed by atoms with Crippen LogP contribution in [0.1, 0.15) is 0 Å². The Morgan fingerprint density at radius 3 is 2.81 bits per heavy atom. The molecule has 0 atom stereocenters. The Labute approximate surface area is 127 Å². The Kier molecular flexibility index (Phi) is 4.59. The maximum atomic E-state index is 12.0. The first kappa shape index (κ1) is 15.0. The zero-order valence-corrected chi connectivity index (χ0v) is 12.6. The van der Waals surface area contributed by atoms with Gasteiger partial charge in [-0.05, 0) is 28.1 Å². The number of amides is 1. The van der Waals surface area contributed by atoms with Gasteiger partial charge >= 0.3 is 5.69 Å². The van der Waals surface area contributed by atoms with Crippen LogP contribution in [0.5, 0.6) is 5.75 Å². The number of aromatic nitrogens is 2. The summed E-state index contributed by atoms with van der Waals surface area (Å²) in [7, 11) is 1.48. The summed E-state index contributed by atoms with van der Waals surface area (Å²) in [6.07, 6.45) is 1.24. The highest BCUT2D eigenvalue weighted by Crippen LogP contribution is 2.22. The van der Waals surface area contributed by atoms with Crippen molar-refractivity contribution in [1.29, 1.82) is 0 Å². The Hall–Kier alpha value is -2.35. The van der Waals surface area contributed by atoms with Gasteiger partial charge in [0.2, 0.25) is 5.91 Å². The molecule has 0 spiro atoms. The summed E-state index contributed by atoms with van der Waals surface area (Å²) in [5.74, 6) is -0.0217. The molecule has 0 radical (unpaired) electrons. The summed E-state index contributed by atoms with van der Waals surface area (Å²) in [5.41, 5.74) is -0.767. The number of carbonyl (C=O) groups is 1. The van der Waals surface area contributed by atoms with Crippen molar-refractivity contribution in [3.8, 4) is 5.75 Å². The lowest BCUT2D eigenvalue weighted by atomic mass is 10.3. The Balaban J connectivity index is 2.22. The van der Waals surface area contributed by atoms with Crippen LogP contribution in [0.15, 0.2) is 44.5 Å². The number of aromatic amines is 1. The molecule has 110 valence electrons. The van der Waals surface area contributed by atoms with Gasteiger partial charge in [0.05, 0.1) is 17.3 Å². The zero-order valence-electron chi connectivity index (χ0n) is 11.1. The fourth-order valence-electron chi connectivity index (χ4n) is 1.71. The van der Waals surface area contributed by atoms with Gasteiger partial charge in [0.25, 0.3) is 5.56 Å². The molecule has 1 aromatic heterocycles. The Morgan fingerprint density at radius 2 is 2.10 bits per heavy atom. The second-order valence-corrected chi connectivity index (χ2v) is 4.94. The lowest BCUT2D eigenvalue weighted by molar-refractivity contribution is -0.116. The lowest BCUT2D eigenvalue weighted by Crippen LogP contribution is -2.38. The van der Waals surface area contributed by atoms with Crippen molar-refractivity contribution < 1.29 is 9.53 Å². The summed E-state index contributed by atoms with van der Waals surface area (Å²) in [5, 5.41) is 2.59. The predicted octanol–water partition coefficient (Wildman–Crippen LogP) is 0.946. The number of H-pyrrole nitrogens is 1.